The third kappa shape index (κ3) is 3.85. The van der Waals surface area contributed by atoms with E-state index >= 15 is 0 Å². The number of urea groups is 1. The van der Waals surface area contributed by atoms with E-state index in [2.05, 4.69) is 10.2 Å². The largest absolute Gasteiger partial charge is 0.444 e. The molecule has 0 atom stereocenters. The van der Waals surface area contributed by atoms with Crippen LogP contribution in [0.4, 0.5) is 10.7 Å². The van der Waals surface area contributed by atoms with Gasteiger partial charge in [0.15, 0.2) is 5.88 Å². The molecule has 1 aromatic rings. The standard InChI is InChI=1S/C16H24N4O3/c1-18(9-10-20-14(21)11-17-16(20)22)15-6-5-13(23-15)12-19-7-3-2-4-8-19/h5-6H,2-4,7-12H2,1H3,(H,17,22). The van der Waals surface area contributed by atoms with Crippen molar-refractivity contribution in [1.29, 1.82) is 0 Å². The third-order valence-corrected chi connectivity index (χ3v) is 4.45. The topological polar surface area (TPSA) is 69.0 Å². The summed E-state index contributed by atoms with van der Waals surface area (Å²) in [6, 6.07) is 3.65. The molecule has 0 saturated carbocycles. The Bertz CT molecular complexity index is 549. The van der Waals surface area contributed by atoms with Gasteiger partial charge in [-0.25, -0.2) is 4.79 Å². The number of hydrogen-bond donors (Lipinski definition) is 1. The quantitative estimate of drug-likeness (QED) is 0.799. The molecule has 2 aliphatic rings. The molecule has 1 N–H and O–H groups in total. The van der Waals surface area contributed by atoms with E-state index in [1.807, 2.05) is 24.1 Å². The highest BCUT2D eigenvalue weighted by Gasteiger charge is 2.28. The lowest BCUT2D eigenvalue weighted by Gasteiger charge is -2.25. The van der Waals surface area contributed by atoms with Crippen molar-refractivity contribution in [2.45, 2.75) is 25.8 Å². The third-order valence-electron chi connectivity index (χ3n) is 4.45. The van der Waals surface area contributed by atoms with Gasteiger partial charge in [0, 0.05) is 26.2 Å². The number of hydrogen-bond acceptors (Lipinski definition) is 5. The summed E-state index contributed by atoms with van der Waals surface area (Å²) >= 11 is 0. The minimum Gasteiger partial charge on any atom is -0.444 e. The lowest BCUT2D eigenvalue weighted by molar-refractivity contribution is -0.124. The average Bonchev–Trinajstić information content (AvgIpc) is 3.14. The molecule has 0 aromatic carbocycles. The van der Waals surface area contributed by atoms with Gasteiger partial charge in [0.2, 0.25) is 5.91 Å². The molecule has 0 aliphatic carbocycles. The van der Waals surface area contributed by atoms with Gasteiger partial charge in [-0.15, -0.1) is 0 Å². The van der Waals surface area contributed by atoms with Gasteiger partial charge >= 0.3 is 6.03 Å². The highest BCUT2D eigenvalue weighted by atomic mass is 16.4. The fraction of sp³-hybridized carbons (Fsp3) is 0.625. The molecule has 23 heavy (non-hydrogen) atoms. The van der Waals surface area contributed by atoms with Gasteiger partial charge in [-0.05, 0) is 32.0 Å². The molecular weight excluding hydrogens is 296 g/mol. The molecule has 1 aromatic heterocycles. The molecule has 0 bridgehead atoms. The van der Waals surface area contributed by atoms with Crippen molar-refractivity contribution in [2.24, 2.45) is 0 Å². The molecule has 2 saturated heterocycles. The highest BCUT2D eigenvalue weighted by Crippen LogP contribution is 2.20. The van der Waals surface area contributed by atoms with Crippen molar-refractivity contribution in [1.82, 2.24) is 15.1 Å². The SMILES string of the molecule is CN(CCN1C(=O)CNC1=O)c1ccc(CN2CCCCC2)o1. The van der Waals surface area contributed by atoms with E-state index in [0.29, 0.717) is 13.1 Å². The Kier molecular flexibility index (Phi) is 4.85. The maximum Gasteiger partial charge on any atom is 0.324 e. The number of furan rings is 1. The molecule has 2 aliphatic heterocycles. The number of carbonyl (C=O) groups excluding carboxylic acids is 2. The molecule has 0 radical (unpaired) electrons. The second-order valence-corrected chi connectivity index (χ2v) is 6.20. The smallest absolute Gasteiger partial charge is 0.324 e. The van der Waals surface area contributed by atoms with Gasteiger partial charge in [0.25, 0.3) is 0 Å². The molecule has 0 spiro atoms. The minimum absolute atomic E-state index is 0.100. The van der Waals surface area contributed by atoms with E-state index in [1.165, 1.54) is 24.2 Å². The first-order valence-electron chi connectivity index (χ1n) is 8.24. The fourth-order valence-corrected chi connectivity index (χ4v) is 3.04. The zero-order valence-electron chi connectivity index (χ0n) is 13.6. The Balaban J connectivity index is 1.50. The number of carbonyl (C=O) groups is 2. The maximum atomic E-state index is 11.6. The van der Waals surface area contributed by atoms with E-state index in [1.54, 1.807) is 0 Å². The molecular formula is C16H24N4O3. The van der Waals surface area contributed by atoms with E-state index in [0.717, 1.165) is 31.3 Å². The maximum absolute atomic E-state index is 11.6. The first-order valence-corrected chi connectivity index (χ1v) is 8.24. The normalized spacial score (nSPS) is 19.3. The Labute approximate surface area is 136 Å². The van der Waals surface area contributed by atoms with Crippen molar-refractivity contribution in [3.8, 4) is 0 Å². The van der Waals surface area contributed by atoms with Crippen LogP contribution in [0.3, 0.4) is 0 Å². The first kappa shape index (κ1) is 15.9. The van der Waals surface area contributed by atoms with Gasteiger partial charge in [-0.3, -0.25) is 14.6 Å². The van der Waals surface area contributed by atoms with Crippen molar-refractivity contribution >= 4 is 17.8 Å². The minimum atomic E-state index is -0.311. The number of likely N-dealkylation sites (tertiary alicyclic amines) is 1. The summed E-state index contributed by atoms with van der Waals surface area (Å²) < 4.78 is 5.90. The lowest BCUT2D eigenvalue weighted by Crippen LogP contribution is -2.37. The predicted octanol–water partition coefficient (Wildman–Crippen LogP) is 1.25. The summed E-state index contributed by atoms with van der Waals surface area (Å²) in [6.45, 7) is 4.14. The van der Waals surface area contributed by atoms with E-state index in [-0.39, 0.29) is 18.5 Å². The lowest BCUT2D eigenvalue weighted by atomic mass is 10.1. The van der Waals surface area contributed by atoms with Crippen molar-refractivity contribution in [3.05, 3.63) is 17.9 Å². The summed E-state index contributed by atoms with van der Waals surface area (Å²) in [5, 5.41) is 2.52. The van der Waals surface area contributed by atoms with Crippen molar-refractivity contribution in [3.63, 3.8) is 0 Å². The zero-order chi connectivity index (χ0) is 16.2. The first-order chi connectivity index (χ1) is 11.1. The fourth-order valence-electron chi connectivity index (χ4n) is 3.04. The highest BCUT2D eigenvalue weighted by molar-refractivity contribution is 6.01. The van der Waals surface area contributed by atoms with Crippen LogP contribution in [0.15, 0.2) is 16.5 Å². The van der Waals surface area contributed by atoms with Crippen molar-refractivity contribution < 1.29 is 14.0 Å². The van der Waals surface area contributed by atoms with Crippen LogP contribution in [0, 0.1) is 0 Å². The molecule has 3 amide bonds. The van der Waals surface area contributed by atoms with E-state index in [4.69, 9.17) is 4.42 Å². The number of nitrogens with one attached hydrogen (secondary N) is 1. The van der Waals surface area contributed by atoms with Crippen LogP contribution in [-0.2, 0) is 11.3 Å². The van der Waals surface area contributed by atoms with Gasteiger partial charge in [0.1, 0.15) is 5.76 Å². The van der Waals surface area contributed by atoms with E-state index in [9.17, 15) is 9.59 Å². The van der Waals surface area contributed by atoms with Gasteiger partial charge < -0.3 is 14.6 Å². The van der Waals surface area contributed by atoms with Gasteiger partial charge in [0.05, 0.1) is 13.1 Å². The van der Waals surface area contributed by atoms with Gasteiger partial charge in [-0.1, -0.05) is 6.42 Å². The summed E-state index contributed by atoms with van der Waals surface area (Å²) in [7, 11) is 1.90. The predicted molar refractivity (Wildman–Crippen MR) is 86.2 cm³/mol. The van der Waals surface area contributed by atoms with Crippen LogP contribution in [0.5, 0.6) is 0 Å². The number of anilines is 1. The van der Waals surface area contributed by atoms with Crippen LogP contribution < -0.4 is 10.2 Å². The Morgan fingerprint density at radius 2 is 2.00 bits per heavy atom. The molecule has 3 heterocycles. The number of piperidine rings is 1. The Morgan fingerprint density at radius 3 is 2.70 bits per heavy atom. The molecule has 7 heteroatoms. The van der Waals surface area contributed by atoms with Crippen LogP contribution in [-0.4, -0.2) is 61.5 Å². The summed E-state index contributed by atoms with van der Waals surface area (Å²) in [5.41, 5.74) is 0. The zero-order valence-corrected chi connectivity index (χ0v) is 13.6. The number of rotatable bonds is 6. The van der Waals surface area contributed by atoms with Crippen LogP contribution in [0.1, 0.15) is 25.0 Å². The summed E-state index contributed by atoms with van der Waals surface area (Å²) in [4.78, 5) is 28.6. The van der Waals surface area contributed by atoms with Crippen LogP contribution >= 0.6 is 0 Å². The van der Waals surface area contributed by atoms with E-state index < -0.39 is 0 Å². The monoisotopic (exact) mass is 320 g/mol. The average molecular weight is 320 g/mol. The molecule has 7 nitrogen and oxygen atoms in total. The molecule has 0 unspecified atom stereocenters. The number of imide groups is 1. The van der Waals surface area contributed by atoms with Crippen LogP contribution in [0.2, 0.25) is 0 Å². The molecule has 2 fully saturated rings. The number of amides is 3. The Hall–Kier alpha value is -2.02. The second kappa shape index (κ2) is 7.04. The number of likely N-dealkylation sites (N-methyl/N-ethyl adjacent to an activating group) is 1. The summed E-state index contributed by atoms with van der Waals surface area (Å²) in [6.07, 6.45) is 3.85. The van der Waals surface area contributed by atoms with Crippen LogP contribution in [0.25, 0.3) is 0 Å². The molecule has 126 valence electrons. The van der Waals surface area contributed by atoms with Crippen molar-refractivity contribution in [2.75, 3.05) is 44.7 Å². The second-order valence-electron chi connectivity index (χ2n) is 6.20. The number of nitrogens with zero attached hydrogens (tertiary/aromatic N) is 3. The Morgan fingerprint density at radius 1 is 1.22 bits per heavy atom. The summed E-state index contributed by atoms with van der Waals surface area (Å²) in [5.74, 6) is 1.56. The van der Waals surface area contributed by atoms with Gasteiger partial charge in [-0.2, -0.15) is 0 Å². The molecule has 3 rings (SSSR count).